The Morgan fingerprint density at radius 1 is 1.50 bits per heavy atom. The zero-order valence-electron chi connectivity index (χ0n) is 12.6. The summed E-state index contributed by atoms with van der Waals surface area (Å²) in [5.74, 6) is -0.409. The van der Waals surface area contributed by atoms with E-state index in [-0.39, 0.29) is 0 Å². The molecule has 0 aliphatic carbocycles. The fourth-order valence-corrected chi connectivity index (χ4v) is 3.68. The van der Waals surface area contributed by atoms with Gasteiger partial charge in [0.15, 0.2) is 0 Å². The van der Waals surface area contributed by atoms with Crippen molar-refractivity contribution in [1.82, 2.24) is 9.88 Å². The highest BCUT2D eigenvalue weighted by atomic mass is 32.1. The molecule has 0 amide bonds. The lowest BCUT2D eigenvalue weighted by atomic mass is 10.0. The Morgan fingerprint density at radius 3 is 2.85 bits per heavy atom. The largest absolute Gasteiger partial charge is 0.477 e. The molecule has 1 fully saturated rings. The van der Waals surface area contributed by atoms with Crippen molar-refractivity contribution in [3.8, 4) is 0 Å². The number of aromatic carboxylic acids is 1. The number of hydrogen-bond donors (Lipinski definition) is 1. The second-order valence-electron chi connectivity index (χ2n) is 6.10. The van der Waals surface area contributed by atoms with E-state index in [0.29, 0.717) is 16.8 Å². The summed E-state index contributed by atoms with van der Waals surface area (Å²) in [6, 6.07) is 0.578. The van der Waals surface area contributed by atoms with E-state index in [4.69, 9.17) is 0 Å². The number of carbonyl (C=O) groups is 1. The number of nitrogens with zero attached hydrogens (tertiary/aromatic N) is 2. The minimum atomic E-state index is -0.837. The van der Waals surface area contributed by atoms with Crippen LogP contribution in [0.25, 0.3) is 0 Å². The monoisotopic (exact) mass is 296 g/mol. The van der Waals surface area contributed by atoms with Crippen molar-refractivity contribution < 1.29 is 9.90 Å². The molecule has 0 aromatic carbocycles. The maximum Gasteiger partial charge on any atom is 0.347 e. The predicted octanol–water partition coefficient (Wildman–Crippen LogP) is 3.41. The van der Waals surface area contributed by atoms with E-state index in [1.807, 2.05) is 0 Å². The average Bonchev–Trinajstić information content (AvgIpc) is 2.74. The molecule has 2 rings (SSSR count). The van der Waals surface area contributed by atoms with Crippen LogP contribution in [-0.2, 0) is 13.0 Å². The van der Waals surface area contributed by atoms with Crippen molar-refractivity contribution in [2.45, 2.75) is 59.0 Å². The molecule has 2 heterocycles. The number of likely N-dealkylation sites (tertiary alicyclic amines) is 1. The molecule has 5 heteroatoms. The van der Waals surface area contributed by atoms with Crippen LogP contribution in [0, 0.1) is 5.92 Å². The highest BCUT2D eigenvalue weighted by Crippen LogP contribution is 2.25. The molecular formula is C15H24N2O2S. The van der Waals surface area contributed by atoms with Crippen LogP contribution in [0.3, 0.4) is 0 Å². The molecule has 0 saturated carbocycles. The van der Waals surface area contributed by atoms with Crippen molar-refractivity contribution >= 4 is 17.3 Å². The van der Waals surface area contributed by atoms with Crippen LogP contribution in [-0.4, -0.2) is 33.5 Å². The van der Waals surface area contributed by atoms with Crippen molar-refractivity contribution in [2.24, 2.45) is 5.92 Å². The van der Waals surface area contributed by atoms with Gasteiger partial charge in [-0.15, -0.1) is 11.3 Å². The summed E-state index contributed by atoms with van der Waals surface area (Å²) >= 11 is 1.35. The van der Waals surface area contributed by atoms with Gasteiger partial charge in [-0.25, -0.2) is 9.78 Å². The summed E-state index contributed by atoms with van der Waals surface area (Å²) in [5.41, 5.74) is 0.761. The van der Waals surface area contributed by atoms with Gasteiger partial charge in [0.2, 0.25) is 0 Å². The van der Waals surface area contributed by atoms with E-state index in [9.17, 15) is 9.90 Å². The van der Waals surface area contributed by atoms with Crippen molar-refractivity contribution in [2.75, 3.05) is 6.54 Å². The molecule has 1 saturated heterocycles. The quantitative estimate of drug-likeness (QED) is 0.904. The molecule has 1 aliphatic rings. The van der Waals surface area contributed by atoms with E-state index in [2.05, 4.69) is 30.7 Å². The predicted molar refractivity (Wildman–Crippen MR) is 81.3 cm³/mol. The van der Waals surface area contributed by atoms with E-state index in [1.54, 1.807) is 0 Å². The first-order chi connectivity index (χ1) is 9.47. The Kier molecular flexibility index (Phi) is 5.16. The second-order valence-corrected chi connectivity index (χ2v) is 7.19. The van der Waals surface area contributed by atoms with E-state index >= 15 is 0 Å². The summed E-state index contributed by atoms with van der Waals surface area (Å²) in [6.45, 7) is 8.33. The van der Waals surface area contributed by atoms with Crippen LogP contribution >= 0.6 is 11.3 Å². The Bertz CT molecular complexity index is 470. The first kappa shape index (κ1) is 15.4. The fraction of sp³-hybridized carbons (Fsp3) is 0.733. The van der Waals surface area contributed by atoms with Crippen LogP contribution in [0.1, 0.15) is 60.4 Å². The van der Waals surface area contributed by atoms with Crippen LogP contribution in [0.2, 0.25) is 0 Å². The molecule has 0 radical (unpaired) electrons. The Balaban J connectivity index is 2.13. The number of thiazole rings is 1. The smallest absolute Gasteiger partial charge is 0.347 e. The second kappa shape index (κ2) is 6.68. The van der Waals surface area contributed by atoms with Crippen molar-refractivity contribution in [3.63, 3.8) is 0 Å². The van der Waals surface area contributed by atoms with Gasteiger partial charge in [-0.1, -0.05) is 20.3 Å². The highest BCUT2D eigenvalue weighted by molar-refractivity contribution is 7.13. The van der Waals surface area contributed by atoms with Crippen molar-refractivity contribution in [3.05, 3.63) is 15.6 Å². The summed E-state index contributed by atoms with van der Waals surface area (Å²) in [7, 11) is 0. The lowest BCUT2D eigenvalue weighted by Crippen LogP contribution is -2.36. The van der Waals surface area contributed by atoms with Gasteiger partial charge in [0.1, 0.15) is 9.88 Å². The molecule has 0 bridgehead atoms. The average molecular weight is 296 g/mol. The molecule has 1 aromatic rings. The number of hydrogen-bond acceptors (Lipinski definition) is 4. The number of carboxylic acid groups (broad SMARTS) is 1. The van der Waals surface area contributed by atoms with Gasteiger partial charge in [-0.2, -0.15) is 0 Å². The molecule has 20 heavy (non-hydrogen) atoms. The molecule has 1 atom stereocenters. The van der Waals surface area contributed by atoms with Gasteiger partial charge in [0.05, 0.1) is 12.2 Å². The van der Waals surface area contributed by atoms with Gasteiger partial charge >= 0.3 is 5.97 Å². The lowest BCUT2D eigenvalue weighted by molar-refractivity contribution is 0.0700. The zero-order valence-corrected chi connectivity index (χ0v) is 13.4. The van der Waals surface area contributed by atoms with Gasteiger partial charge < -0.3 is 5.11 Å². The van der Waals surface area contributed by atoms with Gasteiger partial charge in [0, 0.05) is 6.04 Å². The van der Waals surface area contributed by atoms with Crippen molar-refractivity contribution in [1.29, 1.82) is 0 Å². The maximum absolute atomic E-state index is 11.3. The van der Waals surface area contributed by atoms with Crippen LogP contribution in [0.15, 0.2) is 0 Å². The van der Waals surface area contributed by atoms with Gasteiger partial charge in [-0.3, -0.25) is 4.90 Å². The van der Waals surface area contributed by atoms with Crippen LogP contribution < -0.4 is 0 Å². The third kappa shape index (κ3) is 3.79. The number of aromatic nitrogens is 1. The number of piperidine rings is 1. The molecule has 112 valence electrons. The first-order valence-electron chi connectivity index (χ1n) is 7.43. The molecule has 1 unspecified atom stereocenters. The molecular weight excluding hydrogens is 272 g/mol. The minimum absolute atomic E-state index is 0.428. The van der Waals surface area contributed by atoms with Crippen LogP contribution in [0.4, 0.5) is 0 Å². The normalized spacial score (nSPS) is 20.5. The minimum Gasteiger partial charge on any atom is -0.477 e. The third-order valence-corrected chi connectivity index (χ3v) is 4.89. The van der Waals surface area contributed by atoms with E-state index in [0.717, 1.165) is 30.2 Å². The number of carboxylic acids is 1. The van der Waals surface area contributed by atoms with E-state index < -0.39 is 5.97 Å². The first-order valence-corrected chi connectivity index (χ1v) is 8.25. The Morgan fingerprint density at radius 2 is 2.25 bits per heavy atom. The van der Waals surface area contributed by atoms with Crippen LogP contribution in [0.5, 0.6) is 0 Å². The molecule has 4 nitrogen and oxygen atoms in total. The third-order valence-electron chi connectivity index (χ3n) is 3.82. The van der Waals surface area contributed by atoms with Gasteiger partial charge in [-0.05, 0) is 38.6 Å². The lowest BCUT2D eigenvalue weighted by Gasteiger charge is -2.32. The molecule has 0 spiro atoms. The molecule has 1 aromatic heterocycles. The summed E-state index contributed by atoms with van der Waals surface area (Å²) in [4.78, 5) is 18.8. The SMILES string of the molecule is CC(C)Cc1nc(CN2CCCCC2C)sc1C(=O)O. The Hall–Kier alpha value is -0.940. The summed E-state index contributed by atoms with van der Waals surface area (Å²) < 4.78 is 0. The standard InChI is InChI=1S/C15H24N2O2S/c1-10(2)8-12-14(15(18)19)20-13(16-12)9-17-7-5-4-6-11(17)3/h10-11H,4-9H2,1-3H3,(H,18,19). The number of rotatable bonds is 5. The maximum atomic E-state index is 11.3. The van der Waals surface area contributed by atoms with E-state index in [1.165, 1.54) is 30.6 Å². The molecule has 1 N–H and O–H groups in total. The Labute approximate surface area is 124 Å². The summed E-state index contributed by atoms with van der Waals surface area (Å²) in [6.07, 6.45) is 4.51. The fourth-order valence-electron chi connectivity index (χ4n) is 2.73. The highest BCUT2D eigenvalue weighted by Gasteiger charge is 2.22. The zero-order chi connectivity index (χ0) is 14.7. The molecule has 1 aliphatic heterocycles. The topological polar surface area (TPSA) is 53.4 Å². The van der Waals surface area contributed by atoms with Gasteiger partial charge in [0.25, 0.3) is 0 Å². The summed E-state index contributed by atoms with van der Waals surface area (Å²) in [5, 5.41) is 10.3.